The molecule has 1 heterocycles. The van der Waals surface area contributed by atoms with Crippen LogP contribution in [0.25, 0.3) is 0 Å². The maximum atomic E-state index is 12.6. The van der Waals surface area contributed by atoms with Gasteiger partial charge < -0.3 is 20.1 Å². The molecule has 1 aliphatic heterocycles. The fraction of sp³-hybridized carbons (Fsp3) is 0.222. The minimum absolute atomic E-state index is 0.211. The summed E-state index contributed by atoms with van der Waals surface area (Å²) in [6, 6.07) is 12.1. The molecule has 1 unspecified atom stereocenters. The number of fused-ring (bicyclic) bond motifs is 1. The molecule has 0 aliphatic carbocycles. The highest BCUT2D eigenvalue weighted by atomic mass is 35.5. The van der Waals surface area contributed by atoms with Gasteiger partial charge in [-0.15, -0.1) is 0 Å². The fourth-order valence-electron chi connectivity index (χ4n) is 2.54. The van der Waals surface area contributed by atoms with Gasteiger partial charge in [-0.05, 0) is 31.2 Å². The van der Waals surface area contributed by atoms with E-state index in [9.17, 15) is 9.59 Å². The van der Waals surface area contributed by atoms with Crippen LogP contribution in [0.2, 0.25) is 5.02 Å². The lowest BCUT2D eigenvalue weighted by atomic mass is 10.0. The lowest BCUT2D eigenvalue weighted by molar-refractivity contribution is -0.146. The van der Waals surface area contributed by atoms with Crippen molar-refractivity contribution in [2.75, 3.05) is 12.4 Å². The number of ether oxygens (including phenoxy) is 2. The minimum atomic E-state index is -1.68. The van der Waals surface area contributed by atoms with Gasteiger partial charge in [-0.25, -0.2) is 0 Å². The first-order valence-electron chi connectivity index (χ1n) is 7.64. The molecule has 2 aromatic carbocycles. The van der Waals surface area contributed by atoms with Crippen molar-refractivity contribution in [1.29, 1.82) is 0 Å². The Kier molecular flexibility index (Phi) is 4.55. The van der Waals surface area contributed by atoms with Crippen molar-refractivity contribution in [3.63, 3.8) is 0 Å². The zero-order valence-electron chi connectivity index (χ0n) is 13.8. The second-order valence-corrected chi connectivity index (χ2v) is 6.16. The molecule has 7 heteroatoms. The molecule has 2 aromatic rings. The van der Waals surface area contributed by atoms with E-state index in [1.807, 2.05) is 18.2 Å². The van der Waals surface area contributed by atoms with Crippen LogP contribution in [0.1, 0.15) is 12.5 Å². The highest BCUT2D eigenvalue weighted by molar-refractivity contribution is 6.31. The normalized spacial score (nSPS) is 18.6. The predicted octanol–water partition coefficient (Wildman–Crippen LogP) is 2.75. The first-order chi connectivity index (χ1) is 11.9. The van der Waals surface area contributed by atoms with Crippen LogP contribution in [0.3, 0.4) is 0 Å². The molecule has 0 bridgehead atoms. The van der Waals surface area contributed by atoms with Gasteiger partial charge in [-0.2, -0.15) is 0 Å². The lowest BCUT2D eigenvalue weighted by Gasteiger charge is -2.33. The molecule has 25 heavy (non-hydrogen) atoms. The number of rotatable bonds is 4. The van der Waals surface area contributed by atoms with E-state index in [0.29, 0.717) is 22.2 Å². The third-order valence-corrected chi connectivity index (χ3v) is 4.24. The molecule has 0 saturated carbocycles. The summed E-state index contributed by atoms with van der Waals surface area (Å²) >= 11 is 5.91. The van der Waals surface area contributed by atoms with Crippen molar-refractivity contribution in [3.8, 4) is 11.5 Å². The van der Waals surface area contributed by atoms with E-state index in [0.717, 1.165) is 5.56 Å². The molecular formula is C18H17ClN2O4. The van der Waals surface area contributed by atoms with Crippen molar-refractivity contribution < 1.29 is 19.1 Å². The summed E-state index contributed by atoms with van der Waals surface area (Å²) in [5, 5.41) is 5.85. The summed E-state index contributed by atoms with van der Waals surface area (Å²) in [5.74, 6) is -0.0582. The topological polar surface area (TPSA) is 76.7 Å². The zero-order valence-corrected chi connectivity index (χ0v) is 14.5. The average molecular weight is 361 g/mol. The van der Waals surface area contributed by atoms with Crippen LogP contribution in [0.4, 0.5) is 5.69 Å². The molecule has 0 aromatic heterocycles. The molecule has 3 rings (SSSR count). The smallest absolute Gasteiger partial charge is 0.278 e. The molecule has 2 N–H and O–H groups in total. The number of hydrogen-bond donors (Lipinski definition) is 2. The van der Waals surface area contributed by atoms with E-state index < -0.39 is 17.4 Å². The third kappa shape index (κ3) is 3.25. The monoisotopic (exact) mass is 360 g/mol. The van der Waals surface area contributed by atoms with Crippen LogP contribution in [-0.2, 0) is 16.1 Å². The number of benzene rings is 2. The molecule has 1 atom stereocenters. The molecule has 0 fully saturated rings. The van der Waals surface area contributed by atoms with Crippen molar-refractivity contribution in [2.45, 2.75) is 19.1 Å². The molecular weight excluding hydrogens is 344 g/mol. The maximum absolute atomic E-state index is 12.6. The van der Waals surface area contributed by atoms with E-state index in [1.165, 1.54) is 6.92 Å². The van der Waals surface area contributed by atoms with Crippen LogP contribution in [-0.4, -0.2) is 24.5 Å². The van der Waals surface area contributed by atoms with Gasteiger partial charge in [0.05, 0.1) is 12.8 Å². The number of halogens is 1. The van der Waals surface area contributed by atoms with Gasteiger partial charge in [-0.1, -0.05) is 29.8 Å². The Morgan fingerprint density at radius 1 is 1.32 bits per heavy atom. The van der Waals surface area contributed by atoms with Gasteiger partial charge in [-0.3, -0.25) is 9.59 Å². The summed E-state index contributed by atoms with van der Waals surface area (Å²) in [6.07, 6.45) is 0. The van der Waals surface area contributed by atoms with Crippen LogP contribution >= 0.6 is 11.6 Å². The highest BCUT2D eigenvalue weighted by Gasteiger charge is 2.47. The second-order valence-electron chi connectivity index (χ2n) is 5.72. The molecule has 2 amide bonds. The summed E-state index contributed by atoms with van der Waals surface area (Å²) in [7, 11) is 1.56. The number of hydrogen-bond acceptors (Lipinski definition) is 4. The van der Waals surface area contributed by atoms with E-state index in [2.05, 4.69) is 10.6 Å². The van der Waals surface area contributed by atoms with Crippen LogP contribution in [0.5, 0.6) is 11.5 Å². The minimum Gasteiger partial charge on any atom is -0.496 e. The van der Waals surface area contributed by atoms with Crippen molar-refractivity contribution >= 4 is 29.1 Å². The summed E-state index contributed by atoms with van der Waals surface area (Å²) in [5.41, 5.74) is -0.444. The quantitative estimate of drug-likeness (QED) is 0.822. The number of carbonyl (C=O) groups excluding carboxylic acids is 2. The predicted molar refractivity (Wildman–Crippen MR) is 94.0 cm³/mol. The van der Waals surface area contributed by atoms with Crippen molar-refractivity contribution in [3.05, 3.63) is 53.1 Å². The van der Waals surface area contributed by atoms with Crippen molar-refractivity contribution in [2.24, 2.45) is 0 Å². The largest absolute Gasteiger partial charge is 0.496 e. The standard InChI is InChI=1S/C18H17ClN2O4/c1-18(16(22)20-10-11-5-3-4-6-14(11)24-2)17(23)21-13-9-12(19)7-8-15(13)25-18/h3-9H,10H2,1-2H3,(H,20,22)(H,21,23). The first kappa shape index (κ1) is 17.1. The van der Waals surface area contributed by atoms with Crippen LogP contribution < -0.4 is 20.1 Å². The Morgan fingerprint density at radius 3 is 2.84 bits per heavy atom. The Labute approximate surface area is 150 Å². The van der Waals surface area contributed by atoms with Gasteiger partial charge in [0.15, 0.2) is 0 Å². The number of anilines is 1. The number of amides is 2. The molecule has 130 valence electrons. The summed E-state index contributed by atoms with van der Waals surface area (Å²) in [6.45, 7) is 1.64. The lowest BCUT2D eigenvalue weighted by Crippen LogP contribution is -2.58. The number of carbonyl (C=O) groups is 2. The Balaban J connectivity index is 1.77. The van der Waals surface area contributed by atoms with Crippen LogP contribution in [0.15, 0.2) is 42.5 Å². The second kappa shape index (κ2) is 6.64. The van der Waals surface area contributed by atoms with Gasteiger partial charge >= 0.3 is 0 Å². The first-order valence-corrected chi connectivity index (χ1v) is 8.02. The fourth-order valence-corrected chi connectivity index (χ4v) is 2.71. The number of nitrogens with one attached hydrogen (secondary N) is 2. The maximum Gasteiger partial charge on any atom is 0.278 e. The van der Waals surface area contributed by atoms with Gasteiger partial charge in [0.2, 0.25) is 0 Å². The molecule has 0 saturated heterocycles. The zero-order chi connectivity index (χ0) is 18.0. The Hall–Kier alpha value is -2.73. The van der Waals surface area contributed by atoms with Crippen LogP contribution in [0, 0.1) is 0 Å². The average Bonchev–Trinajstić information content (AvgIpc) is 2.61. The highest BCUT2D eigenvalue weighted by Crippen LogP contribution is 2.35. The van der Waals surface area contributed by atoms with E-state index in [4.69, 9.17) is 21.1 Å². The van der Waals surface area contributed by atoms with Gasteiger partial charge in [0.1, 0.15) is 11.5 Å². The van der Waals surface area contributed by atoms with Gasteiger partial charge in [0.25, 0.3) is 17.4 Å². The van der Waals surface area contributed by atoms with Gasteiger partial charge in [0, 0.05) is 17.1 Å². The number of para-hydroxylation sites is 1. The summed E-state index contributed by atoms with van der Waals surface area (Å²) in [4.78, 5) is 25.0. The summed E-state index contributed by atoms with van der Waals surface area (Å²) < 4.78 is 10.9. The Bertz CT molecular complexity index is 840. The third-order valence-electron chi connectivity index (χ3n) is 4.00. The molecule has 6 nitrogen and oxygen atoms in total. The molecule has 0 spiro atoms. The number of methoxy groups -OCH3 is 1. The molecule has 0 radical (unpaired) electrons. The Morgan fingerprint density at radius 2 is 2.08 bits per heavy atom. The van der Waals surface area contributed by atoms with Crippen molar-refractivity contribution in [1.82, 2.24) is 5.32 Å². The van der Waals surface area contributed by atoms with E-state index >= 15 is 0 Å². The SMILES string of the molecule is COc1ccccc1CNC(=O)C1(C)Oc2ccc(Cl)cc2NC1=O. The molecule has 1 aliphatic rings. The van der Waals surface area contributed by atoms with E-state index in [1.54, 1.807) is 31.4 Å². The van der Waals surface area contributed by atoms with E-state index in [-0.39, 0.29) is 6.54 Å².